The maximum atomic E-state index is 3.76. The van der Waals surface area contributed by atoms with Gasteiger partial charge < -0.3 is 9.38 Å². The Bertz CT molecular complexity index is 128. The zero-order valence-corrected chi connectivity index (χ0v) is 9.01. The molecular weight excluding hydrogens is 148 g/mol. The van der Waals surface area contributed by atoms with Crippen LogP contribution in [0, 0.1) is 0 Å². The summed E-state index contributed by atoms with van der Waals surface area (Å²) in [5.74, 6) is 0. The van der Waals surface area contributed by atoms with Gasteiger partial charge in [-0.2, -0.15) is 0 Å². The van der Waals surface area contributed by atoms with Crippen LogP contribution < -0.4 is 0 Å². The van der Waals surface area contributed by atoms with Crippen LogP contribution in [-0.4, -0.2) is 57.2 Å². The Balaban J connectivity index is 3.53. The molecule has 0 atom stereocenters. The fourth-order valence-electron chi connectivity index (χ4n) is 1.26. The number of hydrogen-bond acceptors (Lipinski definition) is 1. The standard InChI is InChI=1S/C10H23N2/c1-6-9-12(4,5)10-7-8-11(2)3/h6H,1,7-10H2,2-5H3/q+1. The zero-order valence-electron chi connectivity index (χ0n) is 9.01. The van der Waals surface area contributed by atoms with Crippen molar-refractivity contribution in [2.24, 2.45) is 0 Å². The Morgan fingerprint density at radius 2 is 1.92 bits per heavy atom. The molecule has 2 nitrogen and oxygen atoms in total. The van der Waals surface area contributed by atoms with Gasteiger partial charge in [0.2, 0.25) is 0 Å². The van der Waals surface area contributed by atoms with Gasteiger partial charge in [-0.3, -0.25) is 0 Å². The monoisotopic (exact) mass is 171 g/mol. The van der Waals surface area contributed by atoms with Gasteiger partial charge in [0.25, 0.3) is 0 Å². The van der Waals surface area contributed by atoms with Gasteiger partial charge >= 0.3 is 0 Å². The number of quaternary nitrogens is 1. The highest BCUT2D eigenvalue weighted by Crippen LogP contribution is 1.99. The van der Waals surface area contributed by atoms with Crippen molar-refractivity contribution in [1.29, 1.82) is 0 Å². The van der Waals surface area contributed by atoms with E-state index in [2.05, 4.69) is 39.7 Å². The second-order valence-corrected chi connectivity index (χ2v) is 4.29. The van der Waals surface area contributed by atoms with E-state index in [1.54, 1.807) is 0 Å². The van der Waals surface area contributed by atoms with E-state index in [0.29, 0.717) is 0 Å². The van der Waals surface area contributed by atoms with Crippen molar-refractivity contribution in [3.05, 3.63) is 12.7 Å². The average molecular weight is 171 g/mol. The number of hydrogen-bond donors (Lipinski definition) is 0. The molecule has 0 rings (SSSR count). The van der Waals surface area contributed by atoms with Crippen LogP contribution in [0.2, 0.25) is 0 Å². The first-order valence-corrected chi connectivity index (χ1v) is 4.55. The molecule has 0 aliphatic heterocycles. The Kier molecular flexibility index (Phi) is 5.18. The summed E-state index contributed by atoms with van der Waals surface area (Å²) in [5, 5.41) is 0. The molecule has 0 N–H and O–H groups in total. The van der Waals surface area contributed by atoms with Crippen molar-refractivity contribution in [2.45, 2.75) is 6.42 Å². The van der Waals surface area contributed by atoms with E-state index in [-0.39, 0.29) is 0 Å². The average Bonchev–Trinajstić information content (AvgIpc) is 1.85. The summed E-state index contributed by atoms with van der Waals surface area (Å²) in [6.45, 7) is 7.23. The molecule has 0 amide bonds. The highest BCUT2D eigenvalue weighted by atomic mass is 15.3. The smallest absolute Gasteiger partial charge is 0.0966 e. The van der Waals surface area contributed by atoms with E-state index < -0.39 is 0 Å². The van der Waals surface area contributed by atoms with E-state index in [1.807, 2.05) is 6.08 Å². The SMILES string of the molecule is C=CC[N+](C)(C)CCCN(C)C. The largest absolute Gasteiger partial charge is 0.325 e. The molecule has 0 heterocycles. The Labute approximate surface area is 77.1 Å². The highest BCUT2D eigenvalue weighted by Gasteiger charge is 2.11. The third-order valence-electron chi connectivity index (χ3n) is 1.99. The first-order chi connectivity index (χ1) is 5.48. The first kappa shape index (κ1) is 11.7. The predicted octanol–water partition coefficient (Wildman–Crippen LogP) is 1.20. The minimum Gasteiger partial charge on any atom is -0.325 e. The van der Waals surface area contributed by atoms with Crippen LogP contribution >= 0.6 is 0 Å². The molecule has 12 heavy (non-hydrogen) atoms. The predicted molar refractivity (Wildman–Crippen MR) is 55.2 cm³/mol. The zero-order chi connectivity index (χ0) is 9.61. The van der Waals surface area contributed by atoms with Crippen molar-refractivity contribution >= 4 is 0 Å². The lowest BCUT2D eigenvalue weighted by molar-refractivity contribution is -0.884. The molecule has 0 saturated carbocycles. The van der Waals surface area contributed by atoms with Gasteiger partial charge in [0.05, 0.1) is 27.2 Å². The maximum Gasteiger partial charge on any atom is 0.0966 e. The Hall–Kier alpha value is -0.340. The van der Waals surface area contributed by atoms with E-state index in [4.69, 9.17) is 0 Å². The molecule has 0 aromatic heterocycles. The molecule has 0 radical (unpaired) electrons. The van der Waals surface area contributed by atoms with Crippen LogP contribution in [-0.2, 0) is 0 Å². The van der Waals surface area contributed by atoms with Crippen LogP contribution in [0.3, 0.4) is 0 Å². The third-order valence-corrected chi connectivity index (χ3v) is 1.99. The number of likely N-dealkylation sites (N-methyl/N-ethyl adjacent to an activating group) is 1. The van der Waals surface area contributed by atoms with Crippen LogP contribution in [0.5, 0.6) is 0 Å². The molecular formula is C10H23N2+. The minimum absolute atomic E-state index is 1.05. The fourth-order valence-corrected chi connectivity index (χ4v) is 1.26. The summed E-state index contributed by atoms with van der Waals surface area (Å²) in [6.07, 6.45) is 3.25. The molecule has 0 saturated heterocycles. The van der Waals surface area contributed by atoms with Gasteiger partial charge in [-0.25, -0.2) is 0 Å². The second kappa shape index (κ2) is 5.33. The van der Waals surface area contributed by atoms with Gasteiger partial charge in [-0.15, -0.1) is 0 Å². The number of nitrogens with zero attached hydrogens (tertiary/aromatic N) is 2. The second-order valence-electron chi connectivity index (χ2n) is 4.29. The maximum absolute atomic E-state index is 3.76. The summed E-state index contributed by atoms with van der Waals surface area (Å²) < 4.78 is 1.05. The van der Waals surface area contributed by atoms with Crippen LogP contribution in [0.4, 0.5) is 0 Å². The molecule has 0 fully saturated rings. The third kappa shape index (κ3) is 6.38. The lowest BCUT2D eigenvalue weighted by Crippen LogP contribution is -2.41. The molecule has 0 aromatic carbocycles. The van der Waals surface area contributed by atoms with Gasteiger partial charge in [-0.1, -0.05) is 6.58 Å². The molecule has 2 heteroatoms. The lowest BCUT2D eigenvalue weighted by Gasteiger charge is -2.28. The summed E-state index contributed by atoms with van der Waals surface area (Å²) in [7, 11) is 8.73. The van der Waals surface area contributed by atoms with Crippen molar-refractivity contribution in [3.63, 3.8) is 0 Å². The summed E-state index contributed by atoms with van der Waals surface area (Å²) in [5.41, 5.74) is 0. The van der Waals surface area contributed by atoms with Crippen LogP contribution in [0.25, 0.3) is 0 Å². The molecule has 0 aromatic rings. The van der Waals surface area contributed by atoms with Gasteiger partial charge in [0.1, 0.15) is 0 Å². The van der Waals surface area contributed by atoms with Crippen LogP contribution in [0.1, 0.15) is 6.42 Å². The lowest BCUT2D eigenvalue weighted by atomic mass is 10.3. The van der Waals surface area contributed by atoms with E-state index in [0.717, 1.165) is 11.0 Å². The van der Waals surface area contributed by atoms with Gasteiger partial charge in [0.15, 0.2) is 0 Å². The molecule has 0 spiro atoms. The fraction of sp³-hybridized carbons (Fsp3) is 0.800. The van der Waals surface area contributed by atoms with Crippen molar-refractivity contribution in [1.82, 2.24) is 4.90 Å². The van der Waals surface area contributed by atoms with Crippen LogP contribution in [0.15, 0.2) is 12.7 Å². The molecule has 0 unspecified atom stereocenters. The number of rotatable bonds is 6. The molecule has 0 bridgehead atoms. The Morgan fingerprint density at radius 1 is 1.33 bits per heavy atom. The van der Waals surface area contributed by atoms with Gasteiger partial charge in [-0.05, 0) is 20.2 Å². The van der Waals surface area contributed by atoms with E-state index in [9.17, 15) is 0 Å². The summed E-state index contributed by atoms with van der Waals surface area (Å²) in [6, 6.07) is 0. The molecule has 72 valence electrons. The van der Waals surface area contributed by atoms with Crippen molar-refractivity contribution in [2.75, 3.05) is 47.8 Å². The Morgan fingerprint density at radius 3 is 2.33 bits per heavy atom. The van der Waals surface area contributed by atoms with Crippen molar-refractivity contribution < 1.29 is 4.48 Å². The minimum atomic E-state index is 1.05. The molecule has 0 aliphatic rings. The quantitative estimate of drug-likeness (QED) is 0.429. The summed E-state index contributed by atoms with van der Waals surface area (Å²) >= 11 is 0. The topological polar surface area (TPSA) is 3.24 Å². The molecule has 0 aliphatic carbocycles. The summed E-state index contributed by atoms with van der Waals surface area (Å²) in [4.78, 5) is 2.23. The normalized spacial score (nSPS) is 12.1. The van der Waals surface area contributed by atoms with Gasteiger partial charge in [0, 0.05) is 13.0 Å². The van der Waals surface area contributed by atoms with E-state index >= 15 is 0 Å². The van der Waals surface area contributed by atoms with Crippen molar-refractivity contribution in [3.8, 4) is 0 Å². The highest BCUT2D eigenvalue weighted by molar-refractivity contribution is 4.64. The first-order valence-electron chi connectivity index (χ1n) is 4.55. The van der Waals surface area contributed by atoms with E-state index in [1.165, 1.54) is 19.5 Å².